The molecule has 3 aromatic rings. The lowest BCUT2D eigenvalue weighted by molar-refractivity contribution is 0.688. The summed E-state index contributed by atoms with van der Waals surface area (Å²) in [7, 11) is 0. The van der Waals surface area contributed by atoms with E-state index in [9.17, 15) is 0 Å². The molecule has 0 bridgehead atoms. The summed E-state index contributed by atoms with van der Waals surface area (Å²) in [6.07, 6.45) is 1.82. The van der Waals surface area contributed by atoms with Crippen LogP contribution < -0.4 is 0 Å². The number of aryl methyl sites for hydroxylation is 1. The first kappa shape index (κ1) is 13.8. The monoisotopic (exact) mass is 296 g/mol. The molecular weight excluding hydrogens is 280 g/mol. The van der Waals surface area contributed by atoms with Crippen molar-refractivity contribution in [1.82, 2.24) is 19.7 Å². The molecule has 106 valence electrons. The molecule has 0 unspecified atom stereocenters. The molecule has 0 aliphatic heterocycles. The first-order valence-corrected chi connectivity index (χ1v) is 7.78. The van der Waals surface area contributed by atoms with E-state index in [-0.39, 0.29) is 0 Å². The Labute approximate surface area is 128 Å². The minimum Gasteiger partial charge on any atom is -0.302 e. The van der Waals surface area contributed by atoms with Crippen molar-refractivity contribution < 1.29 is 0 Å². The van der Waals surface area contributed by atoms with Crippen LogP contribution >= 0.6 is 11.8 Å². The summed E-state index contributed by atoms with van der Waals surface area (Å²) in [6.45, 7) is 2.78. The number of pyridine rings is 1. The Balaban J connectivity index is 1.74. The van der Waals surface area contributed by atoms with Crippen LogP contribution in [0.25, 0.3) is 0 Å². The SMILES string of the molecule is Cc1nnc(SCc2ccccn2)n1Cc1ccccc1. The molecule has 21 heavy (non-hydrogen) atoms. The molecule has 0 fully saturated rings. The number of nitrogens with zero attached hydrogens (tertiary/aromatic N) is 4. The molecule has 0 amide bonds. The van der Waals surface area contributed by atoms with Crippen molar-refractivity contribution in [2.75, 3.05) is 0 Å². The lowest BCUT2D eigenvalue weighted by Gasteiger charge is -2.08. The molecule has 0 radical (unpaired) electrons. The highest BCUT2D eigenvalue weighted by molar-refractivity contribution is 7.98. The van der Waals surface area contributed by atoms with Crippen LogP contribution in [0.2, 0.25) is 0 Å². The van der Waals surface area contributed by atoms with Crippen molar-refractivity contribution in [1.29, 1.82) is 0 Å². The highest BCUT2D eigenvalue weighted by atomic mass is 32.2. The Bertz CT molecular complexity index is 695. The quantitative estimate of drug-likeness (QED) is 0.677. The number of hydrogen-bond donors (Lipinski definition) is 0. The number of rotatable bonds is 5. The molecule has 0 N–H and O–H groups in total. The fourth-order valence-corrected chi connectivity index (χ4v) is 2.94. The number of hydrogen-bond acceptors (Lipinski definition) is 4. The van der Waals surface area contributed by atoms with Crippen LogP contribution in [0.4, 0.5) is 0 Å². The van der Waals surface area contributed by atoms with E-state index >= 15 is 0 Å². The van der Waals surface area contributed by atoms with Gasteiger partial charge in [0.05, 0.1) is 12.2 Å². The van der Waals surface area contributed by atoms with Crippen molar-refractivity contribution in [3.8, 4) is 0 Å². The van der Waals surface area contributed by atoms with Crippen molar-refractivity contribution >= 4 is 11.8 Å². The smallest absolute Gasteiger partial charge is 0.191 e. The lowest BCUT2D eigenvalue weighted by atomic mass is 10.2. The van der Waals surface area contributed by atoms with Crippen molar-refractivity contribution in [2.45, 2.75) is 24.4 Å². The zero-order valence-electron chi connectivity index (χ0n) is 11.8. The van der Waals surface area contributed by atoms with Crippen LogP contribution in [0.15, 0.2) is 59.9 Å². The van der Waals surface area contributed by atoms with Crippen LogP contribution in [0.5, 0.6) is 0 Å². The molecule has 1 aromatic carbocycles. The molecule has 3 rings (SSSR count). The van der Waals surface area contributed by atoms with Crippen molar-refractivity contribution in [3.05, 3.63) is 71.8 Å². The van der Waals surface area contributed by atoms with E-state index in [2.05, 4.69) is 44.0 Å². The Kier molecular flexibility index (Phi) is 4.31. The zero-order valence-corrected chi connectivity index (χ0v) is 12.6. The maximum absolute atomic E-state index is 4.34. The van der Waals surface area contributed by atoms with Gasteiger partial charge >= 0.3 is 0 Å². The largest absolute Gasteiger partial charge is 0.302 e. The molecule has 0 spiro atoms. The van der Waals surface area contributed by atoms with E-state index in [4.69, 9.17) is 0 Å². The molecule has 2 aromatic heterocycles. The normalized spacial score (nSPS) is 10.7. The summed E-state index contributed by atoms with van der Waals surface area (Å²) in [5.41, 5.74) is 2.30. The highest BCUT2D eigenvalue weighted by Gasteiger charge is 2.10. The average molecular weight is 296 g/mol. The Morgan fingerprint density at radius 1 is 1.00 bits per heavy atom. The van der Waals surface area contributed by atoms with Gasteiger partial charge in [-0.3, -0.25) is 4.98 Å². The van der Waals surface area contributed by atoms with E-state index in [1.54, 1.807) is 11.8 Å². The Morgan fingerprint density at radius 3 is 2.57 bits per heavy atom. The molecule has 0 saturated heterocycles. The van der Waals surface area contributed by atoms with E-state index in [0.717, 1.165) is 29.0 Å². The third-order valence-electron chi connectivity index (χ3n) is 3.16. The second kappa shape index (κ2) is 6.54. The Morgan fingerprint density at radius 2 is 1.81 bits per heavy atom. The van der Waals surface area contributed by atoms with Gasteiger partial charge in [0.15, 0.2) is 5.16 Å². The second-order valence-corrected chi connectivity index (χ2v) is 5.65. The maximum Gasteiger partial charge on any atom is 0.191 e. The van der Waals surface area contributed by atoms with Gasteiger partial charge in [-0.25, -0.2) is 0 Å². The number of thioether (sulfide) groups is 1. The number of benzene rings is 1. The molecule has 2 heterocycles. The summed E-state index contributed by atoms with van der Waals surface area (Å²) in [6, 6.07) is 16.3. The van der Waals surface area contributed by atoms with Gasteiger partial charge in [-0.1, -0.05) is 48.2 Å². The van der Waals surface area contributed by atoms with Gasteiger partial charge in [-0.15, -0.1) is 10.2 Å². The lowest BCUT2D eigenvalue weighted by Crippen LogP contribution is -2.04. The van der Waals surface area contributed by atoms with Gasteiger partial charge in [0.25, 0.3) is 0 Å². The fraction of sp³-hybridized carbons (Fsp3) is 0.188. The van der Waals surface area contributed by atoms with Crippen LogP contribution in [0, 0.1) is 6.92 Å². The summed E-state index contributed by atoms with van der Waals surface area (Å²) in [5.74, 6) is 1.73. The summed E-state index contributed by atoms with van der Waals surface area (Å²) >= 11 is 1.67. The van der Waals surface area contributed by atoms with Crippen LogP contribution in [0.1, 0.15) is 17.1 Å². The van der Waals surface area contributed by atoms with Crippen molar-refractivity contribution in [3.63, 3.8) is 0 Å². The minimum atomic E-state index is 0.796. The summed E-state index contributed by atoms with van der Waals surface area (Å²) in [4.78, 5) is 4.34. The van der Waals surface area contributed by atoms with Crippen LogP contribution in [0.3, 0.4) is 0 Å². The highest BCUT2D eigenvalue weighted by Crippen LogP contribution is 2.21. The molecule has 5 heteroatoms. The van der Waals surface area contributed by atoms with Gasteiger partial charge in [0.1, 0.15) is 5.82 Å². The van der Waals surface area contributed by atoms with Crippen molar-refractivity contribution in [2.24, 2.45) is 0 Å². The summed E-state index contributed by atoms with van der Waals surface area (Å²) < 4.78 is 2.14. The molecule has 0 atom stereocenters. The van der Waals surface area contributed by atoms with E-state index in [1.807, 2.05) is 37.4 Å². The topological polar surface area (TPSA) is 43.6 Å². The Hall–Kier alpha value is -2.14. The molecule has 4 nitrogen and oxygen atoms in total. The standard InChI is InChI=1S/C16H16N4S/c1-13-18-19-16(21-12-15-9-5-6-10-17-15)20(13)11-14-7-3-2-4-8-14/h2-10H,11-12H2,1H3. The first-order valence-electron chi connectivity index (χ1n) is 6.79. The maximum atomic E-state index is 4.34. The predicted molar refractivity (Wildman–Crippen MR) is 84.1 cm³/mol. The van der Waals surface area contributed by atoms with Gasteiger partial charge in [0, 0.05) is 11.9 Å². The van der Waals surface area contributed by atoms with Crippen LogP contribution in [-0.4, -0.2) is 19.7 Å². The molecule has 0 aliphatic carbocycles. The van der Waals surface area contributed by atoms with E-state index in [1.165, 1.54) is 5.56 Å². The molecule has 0 saturated carbocycles. The van der Waals surface area contributed by atoms with E-state index in [0.29, 0.717) is 0 Å². The van der Waals surface area contributed by atoms with Gasteiger partial charge in [-0.05, 0) is 24.6 Å². The third kappa shape index (κ3) is 3.49. The average Bonchev–Trinajstić information content (AvgIpc) is 2.88. The zero-order chi connectivity index (χ0) is 14.5. The minimum absolute atomic E-state index is 0.796. The predicted octanol–water partition coefficient (Wildman–Crippen LogP) is 3.32. The molecule has 0 aliphatic rings. The van der Waals surface area contributed by atoms with E-state index < -0.39 is 0 Å². The van der Waals surface area contributed by atoms with Gasteiger partial charge in [-0.2, -0.15) is 0 Å². The fourth-order valence-electron chi connectivity index (χ4n) is 2.04. The van der Waals surface area contributed by atoms with Gasteiger partial charge in [0.2, 0.25) is 0 Å². The van der Waals surface area contributed by atoms with Gasteiger partial charge < -0.3 is 4.57 Å². The van der Waals surface area contributed by atoms with Crippen LogP contribution in [-0.2, 0) is 12.3 Å². The number of aromatic nitrogens is 4. The second-order valence-electron chi connectivity index (χ2n) is 4.71. The third-order valence-corrected chi connectivity index (χ3v) is 4.16. The first-order chi connectivity index (χ1) is 10.3. The summed E-state index contributed by atoms with van der Waals surface area (Å²) in [5, 5.41) is 9.40. The molecular formula is C16H16N4S.